The molecule has 0 aliphatic carbocycles. The molecular weight excluding hydrogens is 356 g/mol. The van der Waals surface area contributed by atoms with Crippen LogP contribution in [0.5, 0.6) is 0 Å². The van der Waals surface area contributed by atoms with Gasteiger partial charge in [0.1, 0.15) is 11.5 Å². The van der Waals surface area contributed by atoms with E-state index in [0.29, 0.717) is 0 Å². The highest BCUT2D eigenvalue weighted by molar-refractivity contribution is 6.02. The van der Waals surface area contributed by atoms with E-state index in [0.717, 1.165) is 34.3 Å². The minimum atomic E-state index is 0.770. The molecule has 0 bridgehead atoms. The molecule has 0 aliphatic heterocycles. The highest BCUT2D eigenvalue weighted by Gasteiger charge is 2.11. The number of hydrogen-bond donors (Lipinski definition) is 0. The molecule has 150 valence electrons. The molecule has 0 saturated carbocycles. The van der Waals surface area contributed by atoms with Gasteiger partial charge in [-0.15, -0.1) is 0 Å². The maximum atomic E-state index is 6.10. The van der Waals surface area contributed by atoms with Gasteiger partial charge in [-0.2, -0.15) is 0 Å². The minimum absolute atomic E-state index is 0.770. The number of hydrogen-bond acceptors (Lipinski definition) is 3. The van der Waals surface area contributed by atoms with Crippen LogP contribution in [0.1, 0.15) is 58.7 Å². The highest BCUT2D eigenvalue weighted by atomic mass is 16.3. The number of benzene rings is 2. The molecule has 2 aromatic carbocycles. The Labute approximate surface area is 174 Å². The van der Waals surface area contributed by atoms with Gasteiger partial charge in [0.15, 0.2) is 0 Å². The molecular formula is C26H30N2O. The van der Waals surface area contributed by atoms with Crippen LogP contribution in [0.4, 0.5) is 11.4 Å². The molecule has 0 atom stereocenters. The van der Waals surface area contributed by atoms with Crippen molar-refractivity contribution in [2.45, 2.75) is 55.4 Å². The summed E-state index contributed by atoms with van der Waals surface area (Å²) in [7, 11) is 0. The Morgan fingerprint density at radius 3 is 1.21 bits per heavy atom. The van der Waals surface area contributed by atoms with Gasteiger partial charge in [-0.05, 0) is 89.8 Å². The quantitative estimate of drug-likeness (QED) is 0.430. The zero-order valence-corrected chi connectivity index (χ0v) is 18.8. The number of furan rings is 1. The molecule has 0 aliphatic rings. The van der Waals surface area contributed by atoms with Crippen LogP contribution in [-0.2, 0) is 0 Å². The second-order valence-corrected chi connectivity index (χ2v) is 8.05. The first-order valence-corrected chi connectivity index (χ1v) is 10.0. The third-order valence-electron chi connectivity index (χ3n) is 5.15. The molecule has 0 spiro atoms. The first-order valence-electron chi connectivity index (χ1n) is 10.0. The summed E-state index contributed by atoms with van der Waals surface area (Å²) in [5, 5.41) is 0. The molecule has 1 aromatic heterocycles. The number of nitrogens with zero attached hydrogens (tertiary/aromatic N) is 2. The Morgan fingerprint density at radius 2 is 0.897 bits per heavy atom. The van der Waals surface area contributed by atoms with Crippen LogP contribution in [0.2, 0.25) is 0 Å². The lowest BCUT2D eigenvalue weighted by atomic mass is 10.1. The van der Waals surface area contributed by atoms with Gasteiger partial charge >= 0.3 is 0 Å². The predicted octanol–water partition coefficient (Wildman–Crippen LogP) is 7.41. The zero-order valence-electron chi connectivity index (χ0n) is 18.8. The second kappa shape index (κ2) is 8.20. The normalized spacial score (nSPS) is 12.6. The summed E-state index contributed by atoms with van der Waals surface area (Å²) in [5.74, 6) is 1.54. The van der Waals surface area contributed by atoms with Gasteiger partial charge in [-0.3, -0.25) is 0 Å². The van der Waals surface area contributed by atoms with Crippen LogP contribution >= 0.6 is 0 Å². The third-order valence-corrected chi connectivity index (χ3v) is 5.15. The molecule has 3 rings (SSSR count). The van der Waals surface area contributed by atoms with Crippen LogP contribution in [0.25, 0.3) is 0 Å². The van der Waals surface area contributed by atoms with E-state index < -0.39 is 0 Å². The van der Waals surface area contributed by atoms with Crippen LogP contribution in [0.15, 0.2) is 50.8 Å². The van der Waals surface area contributed by atoms with Crippen LogP contribution in [0.3, 0.4) is 0 Å². The van der Waals surface area contributed by atoms with E-state index in [9.17, 15) is 0 Å². The van der Waals surface area contributed by atoms with E-state index in [4.69, 9.17) is 14.4 Å². The standard InChI is InChI=1S/C26H30N2O/c1-15-11-17(3)25(18(4)12-15)27-21(7)23-9-10-24(29-23)22(8)28-26-19(5)13-16(2)14-20(26)6/h9-14H,1-8H3/b27-21+,28-22+. The first kappa shape index (κ1) is 20.8. The molecule has 29 heavy (non-hydrogen) atoms. The molecule has 3 heteroatoms. The average molecular weight is 387 g/mol. The highest BCUT2D eigenvalue weighted by Crippen LogP contribution is 2.28. The maximum Gasteiger partial charge on any atom is 0.148 e. The summed E-state index contributed by atoms with van der Waals surface area (Å²) >= 11 is 0. The lowest BCUT2D eigenvalue weighted by Gasteiger charge is -2.08. The van der Waals surface area contributed by atoms with Crippen LogP contribution in [0, 0.1) is 41.5 Å². The van der Waals surface area contributed by atoms with Crippen molar-refractivity contribution in [1.29, 1.82) is 0 Å². The van der Waals surface area contributed by atoms with E-state index in [1.807, 2.05) is 26.0 Å². The third kappa shape index (κ3) is 4.56. The SMILES string of the molecule is C/C(=N\c1c(C)cc(C)cc1C)c1ccc(/C(C)=N/c2c(C)cc(C)cc2C)o1. The van der Waals surface area contributed by atoms with Gasteiger partial charge in [0.2, 0.25) is 0 Å². The van der Waals surface area contributed by atoms with Crippen molar-refractivity contribution in [2.24, 2.45) is 9.98 Å². The Hall–Kier alpha value is -2.94. The topological polar surface area (TPSA) is 37.9 Å². The Kier molecular flexibility index (Phi) is 5.88. The monoisotopic (exact) mass is 386 g/mol. The van der Waals surface area contributed by atoms with Gasteiger partial charge in [-0.1, -0.05) is 35.4 Å². The molecule has 0 amide bonds. The summed E-state index contributed by atoms with van der Waals surface area (Å²) in [6.07, 6.45) is 0. The molecule has 0 fully saturated rings. The van der Waals surface area contributed by atoms with E-state index in [2.05, 4.69) is 65.8 Å². The van der Waals surface area contributed by atoms with Crippen molar-refractivity contribution >= 4 is 22.8 Å². The summed E-state index contributed by atoms with van der Waals surface area (Å²) < 4.78 is 6.10. The lowest BCUT2D eigenvalue weighted by Crippen LogP contribution is -1.95. The van der Waals surface area contributed by atoms with Crippen LogP contribution in [-0.4, -0.2) is 11.4 Å². The predicted molar refractivity (Wildman–Crippen MR) is 124 cm³/mol. The van der Waals surface area contributed by atoms with Crippen molar-refractivity contribution in [3.8, 4) is 0 Å². The summed E-state index contributed by atoms with van der Waals surface area (Å²) in [4.78, 5) is 9.69. The molecule has 3 nitrogen and oxygen atoms in total. The summed E-state index contributed by atoms with van der Waals surface area (Å²) in [6.45, 7) is 16.6. The van der Waals surface area contributed by atoms with Crippen molar-refractivity contribution in [2.75, 3.05) is 0 Å². The van der Waals surface area contributed by atoms with E-state index in [1.165, 1.54) is 33.4 Å². The largest absolute Gasteiger partial charge is 0.454 e. The van der Waals surface area contributed by atoms with E-state index >= 15 is 0 Å². The number of aliphatic imine (C=N–C) groups is 2. The summed E-state index contributed by atoms with van der Waals surface area (Å²) in [5.41, 5.74) is 11.0. The van der Waals surface area contributed by atoms with E-state index in [-0.39, 0.29) is 0 Å². The summed E-state index contributed by atoms with van der Waals surface area (Å²) in [6, 6.07) is 12.6. The fraction of sp³-hybridized carbons (Fsp3) is 0.308. The Bertz CT molecular complexity index is 995. The fourth-order valence-corrected chi connectivity index (χ4v) is 3.87. The second-order valence-electron chi connectivity index (χ2n) is 8.05. The van der Waals surface area contributed by atoms with Crippen molar-refractivity contribution in [3.05, 3.63) is 81.3 Å². The Morgan fingerprint density at radius 1 is 0.586 bits per heavy atom. The van der Waals surface area contributed by atoms with Gasteiger partial charge in [0.25, 0.3) is 0 Å². The molecule has 0 unspecified atom stereocenters. The Balaban J connectivity index is 1.93. The van der Waals surface area contributed by atoms with Crippen molar-refractivity contribution < 1.29 is 4.42 Å². The molecule has 0 saturated heterocycles. The first-order chi connectivity index (χ1) is 13.7. The van der Waals surface area contributed by atoms with Crippen molar-refractivity contribution in [3.63, 3.8) is 0 Å². The van der Waals surface area contributed by atoms with Crippen molar-refractivity contribution in [1.82, 2.24) is 0 Å². The van der Waals surface area contributed by atoms with Gasteiger partial charge in [-0.25, -0.2) is 9.98 Å². The van der Waals surface area contributed by atoms with Gasteiger partial charge in [0.05, 0.1) is 22.8 Å². The molecule has 3 aromatic rings. The molecule has 0 N–H and O–H groups in total. The van der Waals surface area contributed by atoms with Gasteiger partial charge in [0, 0.05) is 0 Å². The minimum Gasteiger partial charge on any atom is -0.454 e. The average Bonchev–Trinajstić information content (AvgIpc) is 3.11. The van der Waals surface area contributed by atoms with Gasteiger partial charge < -0.3 is 4.42 Å². The number of aryl methyl sites for hydroxylation is 6. The van der Waals surface area contributed by atoms with E-state index in [1.54, 1.807) is 0 Å². The number of rotatable bonds is 4. The zero-order chi connectivity index (χ0) is 21.3. The maximum absolute atomic E-state index is 6.10. The smallest absolute Gasteiger partial charge is 0.148 e. The molecule has 1 heterocycles. The lowest BCUT2D eigenvalue weighted by molar-refractivity contribution is 0.547. The van der Waals surface area contributed by atoms with Crippen LogP contribution < -0.4 is 0 Å². The fourth-order valence-electron chi connectivity index (χ4n) is 3.87. The molecule has 0 radical (unpaired) electrons.